The second-order valence-electron chi connectivity index (χ2n) is 5.03. The highest BCUT2D eigenvalue weighted by atomic mass is 79.9. The van der Waals surface area contributed by atoms with Gasteiger partial charge in [-0.1, -0.05) is 22.0 Å². The lowest BCUT2D eigenvalue weighted by Gasteiger charge is -2.22. The van der Waals surface area contributed by atoms with E-state index < -0.39 is 14.5 Å². The predicted octanol–water partition coefficient (Wildman–Crippen LogP) is 3.63. The molecular formula is C12H17BrNO3Si. The summed E-state index contributed by atoms with van der Waals surface area (Å²) in [4.78, 5) is 10.4. The minimum Gasteiger partial charge on any atom is -0.543 e. The molecule has 6 heteroatoms. The van der Waals surface area contributed by atoms with Gasteiger partial charge in [-0.3, -0.25) is 10.1 Å². The van der Waals surface area contributed by atoms with E-state index in [2.05, 4.69) is 29.0 Å². The fourth-order valence-corrected chi connectivity index (χ4v) is 3.24. The van der Waals surface area contributed by atoms with E-state index in [1.807, 2.05) is 32.0 Å². The lowest BCUT2D eigenvalue weighted by molar-refractivity contribution is -0.489. The molecular weight excluding hydrogens is 314 g/mol. The standard InChI is InChI=1S/C12H17BrNO3Si/c1-12(2,8-14(15)16)10-6-5-9(7-11(10)13)17-18(3)4/h5-7H,8H2,1-4H3. The van der Waals surface area contributed by atoms with Crippen LogP contribution in [0.2, 0.25) is 13.1 Å². The molecule has 0 saturated carbocycles. The average Bonchev–Trinajstić information content (AvgIpc) is 2.13. The Morgan fingerprint density at radius 3 is 2.50 bits per heavy atom. The summed E-state index contributed by atoms with van der Waals surface area (Å²) in [5, 5.41) is 10.7. The van der Waals surface area contributed by atoms with Crippen molar-refractivity contribution in [2.45, 2.75) is 32.4 Å². The van der Waals surface area contributed by atoms with Crippen LogP contribution in [0.25, 0.3) is 0 Å². The van der Waals surface area contributed by atoms with Crippen LogP contribution in [0.1, 0.15) is 19.4 Å². The normalized spacial score (nSPS) is 11.7. The zero-order chi connectivity index (χ0) is 13.9. The number of hydrogen-bond acceptors (Lipinski definition) is 3. The lowest BCUT2D eigenvalue weighted by Crippen LogP contribution is -2.28. The molecule has 18 heavy (non-hydrogen) atoms. The molecule has 1 aromatic carbocycles. The summed E-state index contributed by atoms with van der Waals surface area (Å²) in [5.74, 6) is 0.807. The molecule has 0 amide bonds. The molecule has 4 nitrogen and oxygen atoms in total. The number of hydrogen-bond donors (Lipinski definition) is 0. The van der Waals surface area contributed by atoms with Gasteiger partial charge in [0.15, 0.2) is 0 Å². The van der Waals surface area contributed by atoms with Crippen LogP contribution in [0, 0.1) is 10.1 Å². The maximum atomic E-state index is 10.7. The van der Waals surface area contributed by atoms with Crippen LogP contribution in [-0.4, -0.2) is 20.5 Å². The minimum absolute atomic E-state index is 0.0948. The van der Waals surface area contributed by atoms with Crippen molar-refractivity contribution in [2.75, 3.05) is 6.54 Å². The fourth-order valence-electron chi connectivity index (χ4n) is 1.75. The van der Waals surface area contributed by atoms with Gasteiger partial charge in [0.1, 0.15) is 5.75 Å². The summed E-state index contributed by atoms with van der Waals surface area (Å²) in [6, 6.07) is 5.65. The molecule has 1 rings (SSSR count). The summed E-state index contributed by atoms with van der Waals surface area (Å²) in [7, 11) is -0.799. The van der Waals surface area contributed by atoms with E-state index in [9.17, 15) is 10.1 Å². The number of rotatable bonds is 5. The first-order valence-corrected chi connectivity index (χ1v) is 8.82. The van der Waals surface area contributed by atoms with Gasteiger partial charge in [0.05, 0.1) is 5.41 Å². The van der Waals surface area contributed by atoms with Gasteiger partial charge in [-0.25, -0.2) is 0 Å². The topological polar surface area (TPSA) is 52.4 Å². The molecule has 0 atom stereocenters. The van der Waals surface area contributed by atoms with Crippen molar-refractivity contribution < 1.29 is 9.35 Å². The molecule has 99 valence electrons. The summed E-state index contributed by atoms with van der Waals surface area (Å²) < 4.78 is 6.54. The molecule has 0 aliphatic carbocycles. The minimum atomic E-state index is -0.799. The number of nitro groups is 1. The predicted molar refractivity (Wildman–Crippen MR) is 77.1 cm³/mol. The van der Waals surface area contributed by atoms with E-state index in [0.717, 1.165) is 15.8 Å². The Labute approximate surface area is 117 Å². The van der Waals surface area contributed by atoms with Crippen molar-refractivity contribution in [1.29, 1.82) is 0 Å². The van der Waals surface area contributed by atoms with Crippen molar-refractivity contribution in [1.82, 2.24) is 0 Å². The molecule has 0 saturated heterocycles. The smallest absolute Gasteiger partial charge is 0.274 e. The Balaban J connectivity index is 3.01. The highest BCUT2D eigenvalue weighted by molar-refractivity contribution is 9.10. The van der Waals surface area contributed by atoms with Gasteiger partial charge in [-0.05, 0) is 44.6 Å². The maximum Gasteiger partial charge on any atom is 0.274 e. The first-order valence-electron chi connectivity index (χ1n) is 5.62. The number of benzene rings is 1. The molecule has 0 bridgehead atoms. The van der Waals surface area contributed by atoms with Crippen LogP contribution < -0.4 is 4.43 Å². The maximum absolute atomic E-state index is 10.7. The van der Waals surface area contributed by atoms with Gasteiger partial charge < -0.3 is 4.43 Å². The summed E-state index contributed by atoms with van der Waals surface area (Å²) in [6.45, 7) is 7.76. The first kappa shape index (κ1) is 15.2. The number of nitrogens with zero attached hydrogens (tertiary/aromatic N) is 1. The molecule has 0 heterocycles. The van der Waals surface area contributed by atoms with Crippen LogP contribution in [0.4, 0.5) is 0 Å². The summed E-state index contributed by atoms with van der Waals surface area (Å²) >= 11 is 3.47. The van der Waals surface area contributed by atoms with E-state index in [1.165, 1.54) is 0 Å². The fraction of sp³-hybridized carbons (Fsp3) is 0.500. The van der Waals surface area contributed by atoms with Crippen LogP contribution >= 0.6 is 15.9 Å². The van der Waals surface area contributed by atoms with Gasteiger partial charge in [-0.2, -0.15) is 0 Å². The monoisotopic (exact) mass is 330 g/mol. The molecule has 0 aliphatic heterocycles. The van der Waals surface area contributed by atoms with E-state index in [4.69, 9.17) is 4.43 Å². The zero-order valence-electron chi connectivity index (χ0n) is 11.0. The second kappa shape index (κ2) is 5.84. The van der Waals surface area contributed by atoms with Crippen molar-refractivity contribution >= 4 is 25.0 Å². The molecule has 0 unspecified atom stereocenters. The van der Waals surface area contributed by atoms with Crippen molar-refractivity contribution in [2.24, 2.45) is 0 Å². The van der Waals surface area contributed by atoms with Crippen LogP contribution in [0.15, 0.2) is 22.7 Å². The summed E-state index contributed by atoms with van der Waals surface area (Å²) in [6.07, 6.45) is 0. The third-order valence-electron chi connectivity index (χ3n) is 2.52. The Morgan fingerprint density at radius 1 is 1.44 bits per heavy atom. The van der Waals surface area contributed by atoms with Gasteiger partial charge in [0.2, 0.25) is 6.54 Å². The molecule has 0 aliphatic rings. The Bertz CT molecular complexity index is 449. The Morgan fingerprint density at radius 2 is 2.06 bits per heavy atom. The van der Waals surface area contributed by atoms with Crippen molar-refractivity contribution in [3.8, 4) is 5.75 Å². The molecule has 1 radical (unpaired) electrons. The third kappa shape index (κ3) is 4.10. The molecule has 0 N–H and O–H groups in total. The molecule has 1 aromatic rings. The van der Waals surface area contributed by atoms with Gasteiger partial charge >= 0.3 is 0 Å². The van der Waals surface area contributed by atoms with E-state index in [0.29, 0.717) is 0 Å². The third-order valence-corrected chi connectivity index (χ3v) is 3.82. The van der Waals surface area contributed by atoms with E-state index >= 15 is 0 Å². The van der Waals surface area contributed by atoms with Gasteiger partial charge in [0.25, 0.3) is 9.04 Å². The first-order chi connectivity index (χ1) is 8.22. The molecule has 0 spiro atoms. The van der Waals surface area contributed by atoms with Gasteiger partial charge in [-0.15, -0.1) is 0 Å². The molecule has 0 fully saturated rings. The van der Waals surface area contributed by atoms with Crippen LogP contribution in [0.5, 0.6) is 5.75 Å². The molecule has 0 aromatic heterocycles. The average molecular weight is 331 g/mol. The summed E-state index contributed by atoms with van der Waals surface area (Å²) in [5.41, 5.74) is 0.417. The highest BCUT2D eigenvalue weighted by Crippen LogP contribution is 2.33. The Kier molecular flexibility index (Phi) is 4.92. The second-order valence-corrected chi connectivity index (χ2v) is 7.90. The quantitative estimate of drug-likeness (QED) is 0.470. The SMILES string of the molecule is C[Si](C)Oc1ccc(C(C)(C)C[N+](=O)[O-])c(Br)c1. The van der Waals surface area contributed by atoms with E-state index in [-0.39, 0.29) is 11.5 Å². The lowest BCUT2D eigenvalue weighted by atomic mass is 9.85. The number of halogens is 1. The van der Waals surface area contributed by atoms with Crippen molar-refractivity contribution in [3.63, 3.8) is 0 Å². The largest absolute Gasteiger partial charge is 0.543 e. The van der Waals surface area contributed by atoms with Crippen molar-refractivity contribution in [3.05, 3.63) is 38.3 Å². The van der Waals surface area contributed by atoms with Crippen LogP contribution in [0.3, 0.4) is 0 Å². The zero-order valence-corrected chi connectivity index (χ0v) is 13.6. The van der Waals surface area contributed by atoms with Crippen LogP contribution in [-0.2, 0) is 5.41 Å². The van der Waals surface area contributed by atoms with Gasteiger partial charge in [0, 0.05) is 9.40 Å². The highest BCUT2D eigenvalue weighted by Gasteiger charge is 2.29. The Hall–Kier alpha value is -0.883. The van der Waals surface area contributed by atoms with E-state index in [1.54, 1.807) is 0 Å².